The molecule has 1 aromatic rings. The molecular weight excluding hydrogens is 216 g/mol. The van der Waals surface area contributed by atoms with Gasteiger partial charge in [0.25, 0.3) is 5.91 Å². The molecule has 2 atom stereocenters. The van der Waals surface area contributed by atoms with Gasteiger partial charge >= 0.3 is 0 Å². The number of benzene rings is 1. The van der Waals surface area contributed by atoms with Gasteiger partial charge in [-0.2, -0.15) is 0 Å². The second-order valence-corrected chi connectivity index (χ2v) is 4.10. The predicted octanol–water partition coefficient (Wildman–Crippen LogP) is 1.15. The molecule has 0 fully saturated rings. The molecular formula is C13H20N2O2. The highest BCUT2D eigenvalue weighted by Crippen LogP contribution is 2.13. The Balaban J connectivity index is 2.66. The lowest BCUT2D eigenvalue weighted by molar-refractivity contribution is -0.131. The van der Waals surface area contributed by atoms with Crippen molar-refractivity contribution in [3.05, 3.63) is 35.4 Å². The third-order valence-corrected chi connectivity index (χ3v) is 2.69. The lowest BCUT2D eigenvalue weighted by Crippen LogP contribution is -2.41. The van der Waals surface area contributed by atoms with E-state index >= 15 is 0 Å². The monoisotopic (exact) mass is 236 g/mol. The Morgan fingerprint density at radius 2 is 2.24 bits per heavy atom. The Morgan fingerprint density at radius 1 is 1.53 bits per heavy atom. The molecule has 0 saturated carbocycles. The molecule has 1 unspecified atom stereocenters. The van der Waals surface area contributed by atoms with Gasteiger partial charge in [-0.1, -0.05) is 29.8 Å². The van der Waals surface area contributed by atoms with Gasteiger partial charge in [0.15, 0.2) is 0 Å². The Kier molecular flexibility index (Phi) is 5.12. The van der Waals surface area contributed by atoms with Crippen molar-refractivity contribution in [3.63, 3.8) is 0 Å². The quantitative estimate of drug-likeness (QED) is 0.806. The molecule has 0 aliphatic rings. The fourth-order valence-electron chi connectivity index (χ4n) is 1.64. The van der Waals surface area contributed by atoms with E-state index in [1.54, 1.807) is 0 Å². The third-order valence-electron chi connectivity index (χ3n) is 2.69. The maximum absolute atomic E-state index is 11.8. The topological polar surface area (TPSA) is 64.3 Å². The molecule has 17 heavy (non-hydrogen) atoms. The number of ether oxygens (including phenoxy) is 1. The smallest absolute Gasteiger partial charge is 0.250 e. The molecule has 0 spiro atoms. The van der Waals surface area contributed by atoms with Crippen molar-refractivity contribution < 1.29 is 9.53 Å². The minimum atomic E-state index is -0.581. The Hall–Kier alpha value is -1.39. The van der Waals surface area contributed by atoms with E-state index in [1.165, 1.54) is 12.7 Å². The fourth-order valence-corrected chi connectivity index (χ4v) is 1.64. The molecule has 0 aliphatic carbocycles. The van der Waals surface area contributed by atoms with Crippen LogP contribution in [-0.4, -0.2) is 25.7 Å². The van der Waals surface area contributed by atoms with Crippen LogP contribution in [0.15, 0.2) is 24.3 Å². The van der Waals surface area contributed by atoms with Crippen molar-refractivity contribution >= 4 is 5.91 Å². The summed E-state index contributed by atoms with van der Waals surface area (Å²) in [6.07, 6.45) is -0.581. The standard InChI is InChI=1S/C13H20N2O2/c1-9-5-4-6-11(7-9)10(2)15-13(16)12(8-14)17-3/h4-7,10,12H,8,14H2,1-3H3,(H,15,16)/t10-,12?/m0/s1. The second-order valence-electron chi connectivity index (χ2n) is 4.10. The number of hydrogen-bond donors (Lipinski definition) is 2. The van der Waals surface area contributed by atoms with Crippen molar-refractivity contribution in [2.75, 3.05) is 13.7 Å². The highest BCUT2D eigenvalue weighted by atomic mass is 16.5. The lowest BCUT2D eigenvalue weighted by Gasteiger charge is -2.18. The van der Waals surface area contributed by atoms with Crippen LogP contribution in [0.2, 0.25) is 0 Å². The molecule has 3 N–H and O–H groups in total. The third kappa shape index (κ3) is 3.84. The van der Waals surface area contributed by atoms with Crippen LogP contribution in [0.4, 0.5) is 0 Å². The second kappa shape index (κ2) is 6.37. The van der Waals surface area contributed by atoms with Gasteiger partial charge in [-0.3, -0.25) is 4.79 Å². The largest absolute Gasteiger partial charge is 0.370 e. The van der Waals surface area contributed by atoms with Gasteiger partial charge < -0.3 is 15.8 Å². The summed E-state index contributed by atoms with van der Waals surface area (Å²) < 4.78 is 4.98. The summed E-state index contributed by atoms with van der Waals surface area (Å²) in [4.78, 5) is 11.8. The lowest BCUT2D eigenvalue weighted by atomic mass is 10.1. The van der Waals surface area contributed by atoms with E-state index in [0.717, 1.165) is 5.56 Å². The van der Waals surface area contributed by atoms with Gasteiger partial charge in [-0.15, -0.1) is 0 Å². The molecule has 0 bridgehead atoms. The number of carbonyl (C=O) groups is 1. The van der Waals surface area contributed by atoms with Crippen LogP contribution in [0.1, 0.15) is 24.1 Å². The zero-order chi connectivity index (χ0) is 12.8. The number of nitrogens with two attached hydrogens (primary N) is 1. The summed E-state index contributed by atoms with van der Waals surface area (Å²) in [6, 6.07) is 7.99. The summed E-state index contributed by atoms with van der Waals surface area (Å²) >= 11 is 0. The molecule has 0 saturated heterocycles. The Morgan fingerprint density at radius 3 is 2.76 bits per heavy atom. The average molecular weight is 236 g/mol. The SMILES string of the molecule is COC(CN)C(=O)N[C@@H](C)c1cccc(C)c1. The Labute approximate surface area is 102 Å². The number of amides is 1. The van der Waals surface area contributed by atoms with E-state index in [2.05, 4.69) is 11.4 Å². The average Bonchev–Trinajstić information content (AvgIpc) is 2.30. The highest BCUT2D eigenvalue weighted by molar-refractivity contribution is 5.81. The van der Waals surface area contributed by atoms with Crippen molar-refractivity contribution in [3.8, 4) is 0 Å². The van der Waals surface area contributed by atoms with Gasteiger partial charge in [0, 0.05) is 13.7 Å². The minimum absolute atomic E-state index is 0.0494. The molecule has 94 valence electrons. The summed E-state index contributed by atoms with van der Waals surface area (Å²) in [7, 11) is 1.48. The van der Waals surface area contributed by atoms with E-state index in [4.69, 9.17) is 10.5 Å². The Bertz CT molecular complexity index is 375. The first-order valence-electron chi connectivity index (χ1n) is 5.68. The van der Waals surface area contributed by atoms with Crippen LogP contribution in [-0.2, 0) is 9.53 Å². The van der Waals surface area contributed by atoms with E-state index in [9.17, 15) is 4.79 Å². The fraction of sp³-hybridized carbons (Fsp3) is 0.462. The van der Waals surface area contributed by atoms with Gasteiger partial charge in [-0.05, 0) is 19.4 Å². The number of carbonyl (C=O) groups excluding carboxylic acids is 1. The van der Waals surface area contributed by atoms with E-state index in [1.807, 2.05) is 32.0 Å². The van der Waals surface area contributed by atoms with Crippen molar-refractivity contribution in [1.82, 2.24) is 5.32 Å². The molecule has 0 aliphatic heterocycles. The van der Waals surface area contributed by atoms with E-state index < -0.39 is 6.10 Å². The summed E-state index contributed by atoms with van der Waals surface area (Å²) in [5.41, 5.74) is 7.68. The summed E-state index contributed by atoms with van der Waals surface area (Å²) in [5.74, 6) is -0.177. The number of hydrogen-bond acceptors (Lipinski definition) is 3. The van der Waals surface area contributed by atoms with Gasteiger partial charge in [-0.25, -0.2) is 0 Å². The molecule has 1 aromatic carbocycles. The summed E-state index contributed by atoms with van der Waals surface area (Å²) in [6.45, 7) is 4.15. The van der Waals surface area contributed by atoms with Crippen LogP contribution in [0.3, 0.4) is 0 Å². The first-order valence-corrected chi connectivity index (χ1v) is 5.68. The first-order chi connectivity index (χ1) is 8.08. The normalized spacial score (nSPS) is 14.1. The maximum atomic E-state index is 11.8. The van der Waals surface area contributed by atoms with E-state index in [-0.39, 0.29) is 18.5 Å². The predicted molar refractivity (Wildman–Crippen MR) is 67.6 cm³/mol. The summed E-state index contributed by atoms with van der Waals surface area (Å²) in [5, 5.41) is 2.88. The zero-order valence-corrected chi connectivity index (χ0v) is 10.6. The van der Waals surface area contributed by atoms with Gasteiger partial charge in [0.1, 0.15) is 6.10 Å². The van der Waals surface area contributed by atoms with Crippen LogP contribution in [0.5, 0.6) is 0 Å². The molecule has 1 amide bonds. The maximum Gasteiger partial charge on any atom is 0.250 e. The van der Waals surface area contributed by atoms with Crippen LogP contribution in [0, 0.1) is 6.92 Å². The van der Waals surface area contributed by atoms with Crippen LogP contribution < -0.4 is 11.1 Å². The van der Waals surface area contributed by atoms with Crippen molar-refractivity contribution in [2.45, 2.75) is 26.0 Å². The molecule has 0 aromatic heterocycles. The van der Waals surface area contributed by atoms with E-state index in [0.29, 0.717) is 0 Å². The first kappa shape index (κ1) is 13.7. The number of methoxy groups -OCH3 is 1. The van der Waals surface area contributed by atoms with Gasteiger partial charge in [0.2, 0.25) is 0 Å². The minimum Gasteiger partial charge on any atom is -0.370 e. The number of aryl methyl sites for hydroxylation is 1. The van der Waals surface area contributed by atoms with Crippen molar-refractivity contribution in [1.29, 1.82) is 0 Å². The number of nitrogens with one attached hydrogen (secondary N) is 1. The molecule has 0 radical (unpaired) electrons. The number of rotatable bonds is 5. The molecule has 4 nitrogen and oxygen atoms in total. The van der Waals surface area contributed by atoms with Crippen LogP contribution in [0.25, 0.3) is 0 Å². The highest BCUT2D eigenvalue weighted by Gasteiger charge is 2.18. The van der Waals surface area contributed by atoms with Crippen molar-refractivity contribution in [2.24, 2.45) is 5.73 Å². The zero-order valence-electron chi connectivity index (χ0n) is 10.6. The van der Waals surface area contributed by atoms with Gasteiger partial charge in [0.05, 0.1) is 6.04 Å². The molecule has 1 rings (SSSR count). The molecule has 4 heteroatoms. The van der Waals surface area contributed by atoms with Crippen LogP contribution >= 0.6 is 0 Å². The molecule has 0 heterocycles.